The molecule has 1 saturated carbocycles. The van der Waals surface area contributed by atoms with Gasteiger partial charge in [0.2, 0.25) is 0 Å². The van der Waals surface area contributed by atoms with Crippen molar-refractivity contribution in [2.75, 3.05) is 13.2 Å². The van der Waals surface area contributed by atoms with Crippen LogP contribution in [-0.4, -0.2) is 44.8 Å². The molecule has 1 N–H and O–H groups in total. The molecule has 13 heteroatoms. The first kappa shape index (κ1) is 31.6. The van der Waals surface area contributed by atoms with E-state index >= 15 is 0 Å². The predicted octanol–water partition coefficient (Wildman–Crippen LogP) is 6.53. The van der Waals surface area contributed by atoms with E-state index in [2.05, 4.69) is 5.10 Å². The molecule has 1 atom stereocenters. The molecule has 228 valence electrons. The van der Waals surface area contributed by atoms with Crippen molar-refractivity contribution in [1.29, 1.82) is 0 Å². The molecule has 2 aromatic heterocycles. The van der Waals surface area contributed by atoms with Crippen LogP contribution >= 0.6 is 11.3 Å². The smallest absolute Gasteiger partial charge is 0.433 e. The van der Waals surface area contributed by atoms with Gasteiger partial charge in [-0.1, -0.05) is 0 Å². The number of halogens is 5. The molecule has 0 saturated heterocycles. The molecule has 0 radical (unpaired) electrons. The van der Waals surface area contributed by atoms with E-state index in [0.29, 0.717) is 24.5 Å². The van der Waals surface area contributed by atoms with Crippen molar-refractivity contribution in [2.45, 2.75) is 71.3 Å². The molecule has 0 spiro atoms. The number of esters is 1. The van der Waals surface area contributed by atoms with Gasteiger partial charge < -0.3 is 14.7 Å². The van der Waals surface area contributed by atoms with E-state index < -0.39 is 66.1 Å². The molecule has 42 heavy (non-hydrogen) atoms. The largest absolute Gasteiger partial charge is 0.466 e. The quantitative estimate of drug-likeness (QED) is 0.219. The number of alkyl halides is 3. The number of thiophene rings is 1. The first-order valence-electron chi connectivity index (χ1n) is 13.6. The lowest BCUT2D eigenvalue weighted by Crippen LogP contribution is -2.36. The highest BCUT2D eigenvalue weighted by Crippen LogP contribution is 2.39. The standard InChI is InChI=1S/C29H32F5N3O4S/c1-4-41-28(40)19-5-7-22(8-6-19)37-26(29(32,33)34)23(12-35-37)27(39)36(13-18-9-20(30)11-21(31)10-18)14-24(38)25-16(2)15-42-17(25)3/h9-12,15,19,22,24,38H,4-8,13-14H2,1-3H3/t19-,22-,24?. The number of rotatable bonds is 9. The van der Waals surface area contributed by atoms with Gasteiger partial charge >= 0.3 is 12.1 Å². The van der Waals surface area contributed by atoms with Crippen molar-refractivity contribution >= 4 is 23.2 Å². The summed E-state index contributed by atoms with van der Waals surface area (Å²) in [6.45, 7) is 4.53. The Bertz CT molecular complexity index is 1390. The first-order chi connectivity index (χ1) is 19.8. The van der Waals surface area contributed by atoms with Crippen molar-refractivity contribution < 1.29 is 41.4 Å². The second-order valence-corrected chi connectivity index (χ2v) is 11.6. The molecule has 1 amide bonds. The fraction of sp³-hybridized carbons (Fsp3) is 0.483. The van der Waals surface area contributed by atoms with E-state index in [-0.39, 0.29) is 31.0 Å². The van der Waals surface area contributed by atoms with Gasteiger partial charge in [0.15, 0.2) is 5.69 Å². The molecule has 0 bridgehead atoms. The van der Waals surface area contributed by atoms with Crippen LogP contribution in [0.2, 0.25) is 0 Å². The van der Waals surface area contributed by atoms with Gasteiger partial charge in [0.1, 0.15) is 11.6 Å². The number of aromatic nitrogens is 2. The van der Waals surface area contributed by atoms with Gasteiger partial charge in [-0.05, 0) is 80.7 Å². The Morgan fingerprint density at radius 2 is 1.79 bits per heavy atom. The number of amides is 1. The molecule has 1 fully saturated rings. The minimum absolute atomic E-state index is 0.00468. The monoisotopic (exact) mass is 613 g/mol. The van der Waals surface area contributed by atoms with Gasteiger partial charge in [-0.2, -0.15) is 18.3 Å². The van der Waals surface area contributed by atoms with Crippen LogP contribution in [0.1, 0.15) is 82.4 Å². The van der Waals surface area contributed by atoms with Crippen LogP contribution in [0.5, 0.6) is 0 Å². The third kappa shape index (κ3) is 7.00. The maximum atomic E-state index is 14.5. The number of aryl methyl sites for hydroxylation is 2. The lowest BCUT2D eigenvalue weighted by molar-refractivity contribution is -0.151. The maximum absolute atomic E-state index is 14.5. The minimum atomic E-state index is -4.96. The molecule has 2 heterocycles. The van der Waals surface area contributed by atoms with E-state index in [0.717, 1.165) is 38.4 Å². The number of benzene rings is 1. The zero-order chi connectivity index (χ0) is 30.8. The highest BCUT2D eigenvalue weighted by atomic mass is 32.1. The fourth-order valence-corrected chi connectivity index (χ4v) is 6.49. The number of carbonyl (C=O) groups excluding carboxylic acids is 2. The van der Waals surface area contributed by atoms with Gasteiger partial charge in [0, 0.05) is 17.5 Å². The predicted molar refractivity (Wildman–Crippen MR) is 145 cm³/mol. The number of aliphatic hydroxyl groups excluding tert-OH is 1. The van der Waals surface area contributed by atoms with Crippen LogP contribution in [0, 0.1) is 31.4 Å². The Balaban J connectivity index is 1.67. The Kier molecular flexibility index (Phi) is 9.71. The van der Waals surface area contributed by atoms with E-state index in [4.69, 9.17) is 4.74 Å². The number of nitrogens with zero attached hydrogens (tertiary/aromatic N) is 3. The lowest BCUT2D eigenvalue weighted by Gasteiger charge is -2.29. The van der Waals surface area contributed by atoms with Crippen molar-refractivity contribution in [1.82, 2.24) is 14.7 Å². The average Bonchev–Trinajstić information content (AvgIpc) is 3.51. The van der Waals surface area contributed by atoms with Crippen molar-refractivity contribution in [3.63, 3.8) is 0 Å². The second-order valence-electron chi connectivity index (χ2n) is 10.5. The van der Waals surface area contributed by atoms with Crippen LogP contribution in [0.25, 0.3) is 0 Å². The summed E-state index contributed by atoms with van der Waals surface area (Å²) in [5.41, 5.74) is -0.701. The SMILES string of the molecule is CCOC(=O)[C@H]1CC[C@H](n2ncc(C(=O)N(Cc3cc(F)cc(F)c3)CC(O)c3c(C)csc3C)c2C(F)(F)F)CC1. The minimum Gasteiger partial charge on any atom is -0.466 e. The van der Waals surface area contributed by atoms with Crippen molar-refractivity contribution in [2.24, 2.45) is 5.92 Å². The van der Waals surface area contributed by atoms with Crippen molar-refractivity contribution in [3.8, 4) is 0 Å². The number of hydrogen-bond donors (Lipinski definition) is 1. The average molecular weight is 614 g/mol. The summed E-state index contributed by atoms with van der Waals surface area (Å²) in [6.07, 6.45) is -4.31. The molecule has 4 rings (SSSR count). The van der Waals surface area contributed by atoms with Crippen LogP contribution in [0.3, 0.4) is 0 Å². The third-order valence-electron chi connectivity index (χ3n) is 7.48. The van der Waals surface area contributed by atoms with Crippen LogP contribution in [0.4, 0.5) is 22.0 Å². The first-order valence-corrected chi connectivity index (χ1v) is 14.5. The topological polar surface area (TPSA) is 84.7 Å². The zero-order valence-corrected chi connectivity index (χ0v) is 24.2. The molecule has 0 aliphatic heterocycles. The third-order valence-corrected chi connectivity index (χ3v) is 8.53. The van der Waals surface area contributed by atoms with Gasteiger partial charge in [-0.15, -0.1) is 11.3 Å². The number of ether oxygens (including phenoxy) is 1. The molecule has 7 nitrogen and oxygen atoms in total. The second kappa shape index (κ2) is 12.9. The highest BCUT2D eigenvalue weighted by molar-refractivity contribution is 7.10. The van der Waals surface area contributed by atoms with E-state index in [1.165, 1.54) is 11.3 Å². The zero-order valence-electron chi connectivity index (χ0n) is 23.4. The summed E-state index contributed by atoms with van der Waals surface area (Å²) < 4.78 is 77.2. The molecular weight excluding hydrogens is 581 g/mol. The van der Waals surface area contributed by atoms with Gasteiger partial charge in [0.25, 0.3) is 5.91 Å². The summed E-state index contributed by atoms with van der Waals surface area (Å²) >= 11 is 1.37. The van der Waals surface area contributed by atoms with Gasteiger partial charge in [-0.25, -0.2) is 8.78 Å². The van der Waals surface area contributed by atoms with Gasteiger partial charge in [-0.3, -0.25) is 14.3 Å². The molecule has 1 unspecified atom stereocenters. The van der Waals surface area contributed by atoms with Gasteiger partial charge in [0.05, 0.1) is 43.0 Å². The number of hydrogen-bond acceptors (Lipinski definition) is 6. The van der Waals surface area contributed by atoms with Crippen LogP contribution in [0.15, 0.2) is 29.8 Å². The Morgan fingerprint density at radius 1 is 1.14 bits per heavy atom. The summed E-state index contributed by atoms with van der Waals surface area (Å²) in [7, 11) is 0. The fourth-order valence-electron chi connectivity index (χ4n) is 5.59. The van der Waals surface area contributed by atoms with E-state index in [1.54, 1.807) is 20.8 Å². The molecule has 1 aliphatic carbocycles. The Morgan fingerprint density at radius 3 is 2.33 bits per heavy atom. The summed E-state index contributed by atoms with van der Waals surface area (Å²) in [5, 5.41) is 16.8. The molecule has 3 aromatic rings. The highest BCUT2D eigenvalue weighted by Gasteiger charge is 2.43. The van der Waals surface area contributed by atoms with E-state index in [1.807, 2.05) is 5.38 Å². The van der Waals surface area contributed by atoms with E-state index in [9.17, 15) is 36.6 Å². The Labute approximate surface area is 243 Å². The number of carbonyl (C=O) groups is 2. The molecule has 1 aromatic carbocycles. The number of aliphatic hydroxyl groups is 1. The summed E-state index contributed by atoms with van der Waals surface area (Å²) in [4.78, 5) is 27.6. The van der Waals surface area contributed by atoms with Crippen molar-refractivity contribution in [3.05, 3.63) is 74.2 Å². The molecule has 1 aliphatic rings. The normalized spacial score (nSPS) is 18.1. The summed E-state index contributed by atoms with van der Waals surface area (Å²) in [5.74, 6) is -3.72. The Hall–Kier alpha value is -3.32. The van der Waals surface area contributed by atoms with Crippen LogP contribution < -0.4 is 0 Å². The maximum Gasteiger partial charge on any atom is 0.433 e. The summed E-state index contributed by atoms with van der Waals surface area (Å²) in [6, 6.07) is 1.89. The molecular formula is C29H32F5N3O4S. The van der Waals surface area contributed by atoms with Crippen LogP contribution in [-0.2, 0) is 22.3 Å². The lowest BCUT2D eigenvalue weighted by atomic mass is 9.86.